The lowest BCUT2D eigenvalue weighted by Gasteiger charge is -2.26. The Bertz CT molecular complexity index is 844. The average molecular weight is 352 g/mol. The summed E-state index contributed by atoms with van der Waals surface area (Å²) >= 11 is 0. The first-order chi connectivity index (χ1) is 12.5. The van der Waals surface area contributed by atoms with Crippen LogP contribution in [-0.2, 0) is 20.9 Å². The molecule has 1 aliphatic rings. The number of aliphatic hydroxyl groups is 1. The second-order valence-corrected chi connectivity index (χ2v) is 6.09. The molecule has 0 bridgehead atoms. The first-order valence-electron chi connectivity index (χ1n) is 8.39. The van der Waals surface area contributed by atoms with Crippen molar-refractivity contribution in [2.75, 3.05) is 6.61 Å². The van der Waals surface area contributed by atoms with Gasteiger partial charge in [-0.3, -0.25) is 9.78 Å². The number of aliphatic hydroxyl groups excluding tert-OH is 1. The Labute approximate surface area is 151 Å². The fourth-order valence-corrected chi connectivity index (χ4v) is 3.02. The Morgan fingerprint density at radius 3 is 2.62 bits per heavy atom. The molecule has 2 aromatic rings. The van der Waals surface area contributed by atoms with E-state index in [1.807, 2.05) is 37.3 Å². The van der Waals surface area contributed by atoms with Crippen molar-refractivity contribution in [3.8, 4) is 0 Å². The average Bonchev–Trinajstić information content (AvgIpc) is 2.88. The number of hydrogen-bond acceptors (Lipinski definition) is 5. The van der Waals surface area contributed by atoms with Crippen LogP contribution in [0.4, 0.5) is 0 Å². The normalized spacial score (nSPS) is 16.9. The minimum Gasteiger partial charge on any atom is -0.503 e. The van der Waals surface area contributed by atoms with Gasteiger partial charge in [0.05, 0.1) is 12.6 Å². The van der Waals surface area contributed by atoms with Gasteiger partial charge in [0.15, 0.2) is 5.76 Å². The zero-order valence-electron chi connectivity index (χ0n) is 14.7. The van der Waals surface area contributed by atoms with Gasteiger partial charge in [-0.15, -0.1) is 0 Å². The second kappa shape index (κ2) is 7.39. The quantitative estimate of drug-likeness (QED) is 0.837. The van der Waals surface area contributed by atoms with Gasteiger partial charge < -0.3 is 14.7 Å². The smallest absolute Gasteiger partial charge is 0.340 e. The highest BCUT2D eigenvalue weighted by Crippen LogP contribution is 2.38. The molecular formula is C20H20N2O4. The molecule has 1 amide bonds. The van der Waals surface area contributed by atoms with Gasteiger partial charge in [-0.25, -0.2) is 4.79 Å². The molecule has 1 aromatic carbocycles. The molecule has 1 aromatic heterocycles. The maximum absolute atomic E-state index is 12.7. The third-order valence-electron chi connectivity index (χ3n) is 4.27. The summed E-state index contributed by atoms with van der Waals surface area (Å²) in [6.45, 7) is 4.02. The number of aryl methyl sites for hydroxylation is 1. The van der Waals surface area contributed by atoms with Crippen LogP contribution in [0, 0.1) is 6.92 Å². The second-order valence-electron chi connectivity index (χ2n) is 6.09. The summed E-state index contributed by atoms with van der Waals surface area (Å²) in [5, 5.41) is 10.4. The van der Waals surface area contributed by atoms with Crippen molar-refractivity contribution >= 4 is 11.9 Å². The summed E-state index contributed by atoms with van der Waals surface area (Å²) in [5.74, 6) is -1.84. The Morgan fingerprint density at radius 2 is 2.00 bits per heavy atom. The summed E-state index contributed by atoms with van der Waals surface area (Å²) in [6.07, 6.45) is 3.30. The first-order valence-corrected chi connectivity index (χ1v) is 8.39. The minimum absolute atomic E-state index is 0.0235. The first kappa shape index (κ1) is 17.7. The van der Waals surface area contributed by atoms with E-state index in [9.17, 15) is 14.7 Å². The molecule has 134 valence electrons. The van der Waals surface area contributed by atoms with Gasteiger partial charge >= 0.3 is 5.97 Å². The topological polar surface area (TPSA) is 79.7 Å². The molecule has 6 heteroatoms. The lowest BCUT2D eigenvalue weighted by molar-refractivity contribution is -0.139. The van der Waals surface area contributed by atoms with E-state index >= 15 is 0 Å². The summed E-state index contributed by atoms with van der Waals surface area (Å²) in [6, 6.07) is 10.4. The molecule has 1 unspecified atom stereocenters. The highest BCUT2D eigenvalue weighted by Gasteiger charge is 2.44. The Balaban J connectivity index is 2.04. The molecule has 1 atom stereocenters. The molecule has 6 nitrogen and oxygen atoms in total. The molecule has 0 aliphatic carbocycles. The largest absolute Gasteiger partial charge is 0.503 e. The SMILES string of the molecule is CCOC(=O)C1=C(O)C(=O)N(Cc2cccnc2)C1c1ccc(C)cc1. The fraction of sp³-hybridized carbons (Fsp3) is 0.250. The van der Waals surface area contributed by atoms with E-state index in [1.54, 1.807) is 25.4 Å². The number of pyridine rings is 1. The summed E-state index contributed by atoms with van der Waals surface area (Å²) in [7, 11) is 0. The number of carbonyl (C=O) groups is 2. The maximum Gasteiger partial charge on any atom is 0.340 e. The lowest BCUT2D eigenvalue weighted by atomic mass is 9.98. The summed E-state index contributed by atoms with van der Waals surface area (Å²) < 4.78 is 5.07. The Kier molecular flexibility index (Phi) is 5.02. The highest BCUT2D eigenvalue weighted by molar-refractivity contribution is 6.06. The van der Waals surface area contributed by atoms with E-state index < -0.39 is 23.7 Å². The molecule has 0 saturated heterocycles. The molecule has 0 radical (unpaired) electrons. The van der Waals surface area contributed by atoms with Crippen LogP contribution < -0.4 is 0 Å². The van der Waals surface area contributed by atoms with Crippen LogP contribution in [-0.4, -0.2) is 33.5 Å². The molecule has 3 rings (SSSR count). The molecule has 0 fully saturated rings. The van der Waals surface area contributed by atoms with E-state index in [4.69, 9.17) is 4.74 Å². The van der Waals surface area contributed by atoms with Gasteiger partial charge in [0.2, 0.25) is 0 Å². The van der Waals surface area contributed by atoms with E-state index in [0.29, 0.717) is 0 Å². The molecule has 1 aliphatic heterocycles. The number of amides is 1. The Morgan fingerprint density at radius 1 is 1.27 bits per heavy atom. The standard InChI is InChI=1S/C20H20N2O4/c1-3-26-20(25)16-17(15-8-6-13(2)7-9-15)22(19(24)18(16)23)12-14-5-4-10-21-11-14/h4-11,17,23H,3,12H2,1-2H3. The third kappa shape index (κ3) is 3.31. The third-order valence-corrected chi connectivity index (χ3v) is 4.27. The number of esters is 1. The number of nitrogens with zero attached hydrogens (tertiary/aromatic N) is 2. The van der Waals surface area contributed by atoms with Crippen LogP contribution in [0.2, 0.25) is 0 Å². The van der Waals surface area contributed by atoms with Gasteiger partial charge in [-0.2, -0.15) is 0 Å². The summed E-state index contributed by atoms with van der Waals surface area (Å²) in [5.41, 5.74) is 2.57. The molecular weight excluding hydrogens is 332 g/mol. The van der Waals surface area contributed by atoms with E-state index in [1.165, 1.54) is 4.90 Å². The minimum atomic E-state index is -0.706. The van der Waals surface area contributed by atoms with Crippen LogP contribution >= 0.6 is 0 Å². The van der Waals surface area contributed by atoms with Gasteiger partial charge in [0.1, 0.15) is 5.57 Å². The van der Waals surface area contributed by atoms with Crippen molar-refractivity contribution in [1.82, 2.24) is 9.88 Å². The van der Waals surface area contributed by atoms with Crippen LogP contribution in [0.25, 0.3) is 0 Å². The predicted octanol–water partition coefficient (Wildman–Crippen LogP) is 2.85. The monoisotopic (exact) mass is 352 g/mol. The van der Waals surface area contributed by atoms with Crippen LogP contribution in [0.3, 0.4) is 0 Å². The molecule has 0 spiro atoms. The number of hydrogen-bond donors (Lipinski definition) is 1. The lowest BCUT2D eigenvalue weighted by Crippen LogP contribution is -2.31. The molecule has 0 saturated carbocycles. The number of rotatable bonds is 5. The van der Waals surface area contributed by atoms with Crippen LogP contribution in [0.5, 0.6) is 0 Å². The van der Waals surface area contributed by atoms with Crippen molar-refractivity contribution in [2.45, 2.75) is 26.4 Å². The van der Waals surface area contributed by atoms with Crippen molar-refractivity contribution in [3.05, 3.63) is 76.8 Å². The van der Waals surface area contributed by atoms with Crippen molar-refractivity contribution in [2.24, 2.45) is 0 Å². The van der Waals surface area contributed by atoms with Crippen molar-refractivity contribution in [1.29, 1.82) is 0 Å². The number of aromatic nitrogens is 1. The van der Waals surface area contributed by atoms with Crippen molar-refractivity contribution < 1.29 is 19.4 Å². The zero-order chi connectivity index (χ0) is 18.7. The van der Waals surface area contributed by atoms with Gasteiger partial charge in [0.25, 0.3) is 5.91 Å². The van der Waals surface area contributed by atoms with Gasteiger partial charge in [-0.05, 0) is 31.0 Å². The molecule has 26 heavy (non-hydrogen) atoms. The van der Waals surface area contributed by atoms with Crippen LogP contribution in [0.1, 0.15) is 29.7 Å². The van der Waals surface area contributed by atoms with Crippen molar-refractivity contribution in [3.63, 3.8) is 0 Å². The van der Waals surface area contributed by atoms with Gasteiger partial charge in [-0.1, -0.05) is 35.9 Å². The fourth-order valence-electron chi connectivity index (χ4n) is 3.02. The zero-order valence-corrected chi connectivity index (χ0v) is 14.7. The predicted molar refractivity (Wildman–Crippen MR) is 95.0 cm³/mol. The molecule has 1 N–H and O–H groups in total. The van der Waals surface area contributed by atoms with E-state index in [2.05, 4.69) is 4.98 Å². The number of ether oxygens (including phenoxy) is 1. The Hall–Kier alpha value is -3.15. The van der Waals surface area contributed by atoms with Gasteiger partial charge in [0, 0.05) is 18.9 Å². The maximum atomic E-state index is 12.7. The number of carbonyl (C=O) groups excluding carboxylic acids is 2. The highest BCUT2D eigenvalue weighted by atomic mass is 16.5. The summed E-state index contributed by atoms with van der Waals surface area (Å²) in [4.78, 5) is 30.6. The molecule has 2 heterocycles. The van der Waals surface area contributed by atoms with Crippen LogP contribution in [0.15, 0.2) is 60.1 Å². The van der Waals surface area contributed by atoms with E-state index in [0.717, 1.165) is 16.7 Å². The number of benzene rings is 1. The van der Waals surface area contributed by atoms with E-state index in [-0.39, 0.29) is 18.7 Å².